The molecular formula is C21H27ClN2O. The molecule has 2 aliphatic rings. The molecule has 4 heteroatoms. The van der Waals surface area contributed by atoms with E-state index in [1.165, 1.54) is 16.3 Å². The van der Waals surface area contributed by atoms with E-state index in [4.69, 9.17) is 5.73 Å². The summed E-state index contributed by atoms with van der Waals surface area (Å²) in [6.07, 6.45) is 5.43. The van der Waals surface area contributed by atoms with Crippen LogP contribution in [0.1, 0.15) is 43.7 Å². The number of nitrogens with two attached hydrogens (primary N) is 1. The van der Waals surface area contributed by atoms with Crippen LogP contribution in [0.2, 0.25) is 0 Å². The number of hydrogen-bond acceptors (Lipinski definition) is 2. The molecule has 2 aromatic carbocycles. The van der Waals surface area contributed by atoms with E-state index in [0.717, 1.165) is 38.6 Å². The molecule has 0 aromatic heterocycles. The Labute approximate surface area is 156 Å². The summed E-state index contributed by atoms with van der Waals surface area (Å²) in [5.41, 5.74) is 7.22. The average Bonchev–Trinajstić information content (AvgIpc) is 3.29. The third-order valence-corrected chi connectivity index (χ3v) is 6.00. The van der Waals surface area contributed by atoms with Crippen molar-refractivity contribution >= 4 is 29.1 Å². The van der Waals surface area contributed by atoms with Gasteiger partial charge in [0.05, 0.1) is 6.04 Å². The van der Waals surface area contributed by atoms with E-state index in [-0.39, 0.29) is 24.4 Å². The molecule has 2 fully saturated rings. The van der Waals surface area contributed by atoms with Gasteiger partial charge in [-0.05, 0) is 54.5 Å². The van der Waals surface area contributed by atoms with E-state index in [1.54, 1.807) is 0 Å². The maximum atomic E-state index is 13.2. The van der Waals surface area contributed by atoms with Gasteiger partial charge in [0.25, 0.3) is 0 Å². The van der Waals surface area contributed by atoms with Crippen LogP contribution >= 0.6 is 12.4 Å². The molecule has 1 heterocycles. The minimum atomic E-state index is 0. The minimum Gasteiger partial charge on any atom is -0.335 e. The lowest BCUT2D eigenvalue weighted by molar-refractivity contribution is -0.137. The highest BCUT2D eigenvalue weighted by Crippen LogP contribution is 2.40. The lowest BCUT2D eigenvalue weighted by Gasteiger charge is -2.30. The zero-order valence-corrected chi connectivity index (χ0v) is 15.4. The number of nitrogens with zero attached hydrogens (tertiary/aromatic N) is 1. The van der Waals surface area contributed by atoms with Gasteiger partial charge in [0.1, 0.15) is 0 Å². The van der Waals surface area contributed by atoms with Gasteiger partial charge in [-0.15, -0.1) is 12.4 Å². The van der Waals surface area contributed by atoms with Crippen molar-refractivity contribution < 1.29 is 4.79 Å². The summed E-state index contributed by atoms with van der Waals surface area (Å²) >= 11 is 0. The van der Waals surface area contributed by atoms with Crippen molar-refractivity contribution in [1.82, 2.24) is 4.90 Å². The van der Waals surface area contributed by atoms with Crippen LogP contribution in [-0.4, -0.2) is 23.9 Å². The summed E-state index contributed by atoms with van der Waals surface area (Å²) in [7, 11) is 0. The van der Waals surface area contributed by atoms with Gasteiger partial charge in [-0.2, -0.15) is 0 Å². The predicted octanol–water partition coefficient (Wildman–Crippen LogP) is 4.30. The molecule has 1 saturated heterocycles. The smallest absolute Gasteiger partial charge is 0.226 e. The van der Waals surface area contributed by atoms with Crippen molar-refractivity contribution in [2.24, 2.45) is 17.6 Å². The Bertz CT molecular complexity index is 742. The van der Waals surface area contributed by atoms with Crippen molar-refractivity contribution in [3.05, 3.63) is 48.0 Å². The topological polar surface area (TPSA) is 46.3 Å². The first kappa shape index (κ1) is 18.2. The normalized spacial score (nSPS) is 26.0. The highest BCUT2D eigenvalue weighted by molar-refractivity contribution is 5.87. The maximum Gasteiger partial charge on any atom is 0.226 e. The Kier molecular flexibility index (Phi) is 5.65. The molecule has 0 bridgehead atoms. The second-order valence-corrected chi connectivity index (χ2v) is 7.29. The molecule has 1 aliphatic carbocycles. The van der Waals surface area contributed by atoms with Gasteiger partial charge in [0, 0.05) is 12.5 Å². The molecular weight excluding hydrogens is 332 g/mol. The summed E-state index contributed by atoms with van der Waals surface area (Å²) in [4.78, 5) is 15.4. The summed E-state index contributed by atoms with van der Waals surface area (Å²) in [5, 5.41) is 2.54. The van der Waals surface area contributed by atoms with Crippen LogP contribution < -0.4 is 5.73 Å². The van der Waals surface area contributed by atoms with Crippen molar-refractivity contribution in [2.45, 2.75) is 38.1 Å². The van der Waals surface area contributed by atoms with Crippen molar-refractivity contribution in [2.75, 3.05) is 13.1 Å². The van der Waals surface area contributed by atoms with Gasteiger partial charge in [-0.3, -0.25) is 4.79 Å². The number of benzene rings is 2. The van der Waals surface area contributed by atoms with E-state index in [2.05, 4.69) is 47.4 Å². The van der Waals surface area contributed by atoms with Gasteiger partial charge >= 0.3 is 0 Å². The number of fused-ring (bicyclic) bond motifs is 1. The highest BCUT2D eigenvalue weighted by atomic mass is 35.5. The third kappa shape index (κ3) is 3.28. The van der Waals surface area contributed by atoms with Crippen LogP contribution in [0.5, 0.6) is 0 Å². The Morgan fingerprint density at radius 2 is 1.84 bits per heavy atom. The molecule has 25 heavy (non-hydrogen) atoms. The first-order valence-corrected chi connectivity index (χ1v) is 9.28. The van der Waals surface area contributed by atoms with Crippen molar-refractivity contribution in [1.29, 1.82) is 0 Å². The van der Waals surface area contributed by atoms with Crippen LogP contribution in [0, 0.1) is 11.8 Å². The Hall–Kier alpha value is -1.58. The van der Waals surface area contributed by atoms with Gasteiger partial charge in [0.2, 0.25) is 5.91 Å². The van der Waals surface area contributed by atoms with Crippen molar-refractivity contribution in [3.63, 3.8) is 0 Å². The number of amides is 1. The summed E-state index contributed by atoms with van der Waals surface area (Å²) in [6, 6.07) is 15.2. The van der Waals surface area contributed by atoms with E-state index < -0.39 is 0 Å². The van der Waals surface area contributed by atoms with E-state index >= 15 is 0 Å². The monoisotopic (exact) mass is 358 g/mol. The van der Waals surface area contributed by atoms with Gasteiger partial charge in [-0.1, -0.05) is 48.9 Å². The number of likely N-dealkylation sites (tertiary alicyclic amines) is 1. The second kappa shape index (κ2) is 7.76. The Balaban J connectivity index is 0.00000182. The first-order valence-electron chi connectivity index (χ1n) is 9.28. The molecule has 1 saturated carbocycles. The average molecular weight is 359 g/mol. The Morgan fingerprint density at radius 3 is 2.68 bits per heavy atom. The molecule has 1 unspecified atom stereocenters. The molecule has 134 valence electrons. The maximum absolute atomic E-state index is 13.2. The number of halogens is 1. The predicted molar refractivity (Wildman–Crippen MR) is 105 cm³/mol. The fourth-order valence-corrected chi connectivity index (χ4v) is 4.75. The largest absolute Gasteiger partial charge is 0.335 e. The lowest BCUT2D eigenvalue weighted by atomic mass is 9.93. The van der Waals surface area contributed by atoms with E-state index in [1.807, 2.05) is 0 Å². The standard InChI is InChI=1S/C21H26N2O.ClH/c22-14-16-8-4-10-18(16)21(24)23-13-5-12-20(23)19-11-3-7-15-6-1-2-9-17(15)19;/h1-3,6-7,9,11,16,18,20H,4-5,8,10,12-14,22H2;1H/t16-,18-,20?;/m1./s1. The summed E-state index contributed by atoms with van der Waals surface area (Å²) in [6.45, 7) is 1.53. The van der Waals surface area contributed by atoms with E-state index in [0.29, 0.717) is 18.4 Å². The number of carbonyl (C=O) groups is 1. The molecule has 1 amide bonds. The fourth-order valence-electron chi connectivity index (χ4n) is 4.75. The lowest BCUT2D eigenvalue weighted by Crippen LogP contribution is -2.38. The zero-order valence-electron chi connectivity index (χ0n) is 14.6. The van der Waals surface area contributed by atoms with Crippen LogP contribution in [0.15, 0.2) is 42.5 Å². The molecule has 0 spiro atoms. The van der Waals surface area contributed by atoms with Crippen LogP contribution in [0.4, 0.5) is 0 Å². The second-order valence-electron chi connectivity index (χ2n) is 7.29. The number of hydrogen-bond donors (Lipinski definition) is 1. The van der Waals surface area contributed by atoms with Gasteiger partial charge < -0.3 is 10.6 Å². The minimum absolute atomic E-state index is 0. The molecule has 2 aromatic rings. The molecule has 1 aliphatic heterocycles. The molecule has 2 N–H and O–H groups in total. The van der Waals surface area contributed by atoms with Crippen LogP contribution in [-0.2, 0) is 4.79 Å². The fraction of sp³-hybridized carbons (Fsp3) is 0.476. The van der Waals surface area contributed by atoms with Crippen molar-refractivity contribution in [3.8, 4) is 0 Å². The SMILES string of the molecule is Cl.NC[C@H]1CCC[C@H]1C(=O)N1CCCC1c1cccc2ccccc12. The quantitative estimate of drug-likeness (QED) is 0.889. The summed E-state index contributed by atoms with van der Waals surface area (Å²) < 4.78 is 0. The highest BCUT2D eigenvalue weighted by Gasteiger charge is 2.39. The molecule has 3 atom stereocenters. The Morgan fingerprint density at radius 1 is 1.04 bits per heavy atom. The van der Waals surface area contributed by atoms with Crippen LogP contribution in [0.25, 0.3) is 10.8 Å². The number of rotatable bonds is 3. The van der Waals surface area contributed by atoms with E-state index in [9.17, 15) is 4.79 Å². The number of carbonyl (C=O) groups excluding carboxylic acids is 1. The zero-order chi connectivity index (χ0) is 16.5. The van der Waals surface area contributed by atoms with Gasteiger partial charge in [0.15, 0.2) is 0 Å². The molecule has 3 nitrogen and oxygen atoms in total. The first-order chi connectivity index (χ1) is 11.8. The molecule has 4 rings (SSSR count). The molecule has 0 radical (unpaired) electrons. The third-order valence-electron chi connectivity index (χ3n) is 6.00. The van der Waals surface area contributed by atoms with Gasteiger partial charge in [-0.25, -0.2) is 0 Å². The van der Waals surface area contributed by atoms with Crippen LogP contribution in [0.3, 0.4) is 0 Å². The summed E-state index contributed by atoms with van der Waals surface area (Å²) in [5.74, 6) is 0.871.